The molecule has 0 saturated carbocycles. The summed E-state index contributed by atoms with van der Waals surface area (Å²) in [4.78, 5) is 27.7. The summed E-state index contributed by atoms with van der Waals surface area (Å²) in [6.45, 7) is 5.31. The van der Waals surface area contributed by atoms with Gasteiger partial charge in [0.2, 0.25) is 5.91 Å². The second-order valence-electron chi connectivity index (χ2n) is 6.35. The number of hydrogen-bond acceptors (Lipinski definition) is 5. The minimum absolute atomic E-state index is 0.0422. The molecule has 0 spiro atoms. The van der Waals surface area contributed by atoms with Gasteiger partial charge in [-0.2, -0.15) is 0 Å². The molecule has 0 bridgehead atoms. The Balaban J connectivity index is 1.75. The van der Waals surface area contributed by atoms with Gasteiger partial charge in [0.1, 0.15) is 22.6 Å². The normalized spacial score (nSPS) is 17.2. The third-order valence-corrected chi connectivity index (χ3v) is 5.01. The Kier molecular flexibility index (Phi) is 5.94. The van der Waals surface area contributed by atoms with Crippen molar-refractivity contribution in [2.75, 3.05) is 23.3 Å². The van der Waals surface area contributed by atoms with Crippen molar-refractivity contribution in [3.05, 3.63) is 39.9 Å². The van der Waals surface area contributed by atoms with Gasteiger partial charge in [0.05, 0.1) is 10.9 Å². The van der Waals surface area contributed by atoms with E-state index in [2.05, 4.69) is 25.2 Å². The first-order chi connectivity index (χ1) is 12.5. The lowest BCUT2D eigenvalue weighted by molar-refractivity contribution is -0.120. The largest absolute Gasteiger partial charge is 0.355 e. The Bertz CT molecular complexity index is 797. The van der Waals surface area contributed by atoms with Crippen LogP contribution >= 0.6 is 23.2 Å². The Morgan fingerprint density at radius 2 is 2.15 bits per heavy atom. The highest BCUT2D eigenvalue weighted by Gasteiger charge is 2.28. The summed E-state index contributed by atoms with van der Waals surface area (Å²) in [5.74, 6) is 1.80. The monoisotopic (exact) mass is 393 g/mol. The summed E-state index contributed by atoms with van der Waals surface area (Å²) in [6.07, 6.45) is 4.01. The molecule has 1 fully saturated rings. The quantitative estimate of drug-likeness (QED) is 0.797. The lowest BCUT2D eigenvalue weighted by Crippen LogP contribution is -2.41. The van der Waals surface area contributed by atoms with Crippen LogP contribution < -0.4 is 10.2 Å². The number of hydrogen-bond donors (Lipinski definition) is 1. The van der Waals surface area contributed by atoms with Crippen LogP contribution in [0, 0.1) is 12.8 Å². The molecule has 26 heavy (non-hydrogen) atoms. The molecule has 1 aliphatic rings. The van der Waals surface area contributed by atoms with Gasteiger partial charge in [0.25, 0.3) is 0 Å². The fourth-order valence-corrected chi connectivity index (χ4v) is 3.63. The number of carbonyl (C=O) groups is 1. The summed E-state index contributed by atoms with van der Waals surface area (Å²) >= 11 is 12.1. The van der Waals surface area contributed by atoms with Crippen molar-refractivity contribution in [2.45, 2.75) is 33.1 Å². The van der Waals surface area contributed by atoms with Crippen LogP contribution in [0.5, 0.6) is 0 Å². The lowest BCUT2D eigenvalue weighted by atomic mass is 9.96. The maximum absolute atomic E-state index is 12.6. The van der Waals surface area contributed by atoms with Crippen molar-refractivity contribution in [3.8, 4) is 0 Å². The zero-order chi connectivity index (χ0) is 18.7. The number of anilines is 2. The average molecular weight is 394 g/mol. The number of pyridine rings is 1. The molecule has 1 amide bonds. The predicted octanol–water partition coefficient (Wildman–Crippen LogP) is 3.90. The molecule has 138 valence electrons. The first kappa shape index (κ1) is 18.9. The second kappa shape index (κ2) is 8.18. The average Bonchev–Trinajstić information content (AvgIpc) is 2.63. The maximum Gasteiger partial charge on any atom is 0.230 e. The molecule has 0 aromatic carbocycles. The molecule has 3 rings (SSSR count). The van der Waals surface area contributed by atoms with Crippen LogP contribution in [0.25, 0.3) is 0 Å². The van der Waals surface area contributed by atoms with Crippen LogP contribution in [0.3, 0.4) is 0 Å². The number of nitrogens with zero attached hydrogens (tertiary/aromatic N) is 4. The topological polar surface area (TPSA) is 71.0 Å². The summed E-state index contributed by atoms with van der Waals surface area (Å²) in [6, 6.07) is 3.40. The van der Waals surface area contributed by atoms with Gasteiger partial charge in [-0.25, -0.2) is 15.0 Å². The van der Waals surface area contributed by atoms with Crippen molar-refractivity contribution >= 4 is 40.7 Å². The van der Waals surface area contributed by atoms with Gasteiger partial charge in [-0.3, -0.25) is 4.79 Å². The minimum atomic E-state index is -0.139. The molecule has 8 heteroatoms. The van der Waals surface area contributed by atoms with E-state index in [9.17, 15) is 4.79 Å². The predicted molar refractivity (Wildman–Crippen MR) is 104 cm³/mol. The smallest absolute Gasteiger partial charge is 0.230 e. The molecule has 1 saturated heterocycles. The maximum atomic E-state index is 12.6. The van der Waals surface area contributed by atoms with Crippen LogP contribution in [0.2, 0.25) is 10.2 Å². The van der Waals surface area contributed by atoms with Crippen molar-refractivity contribution < 1.29 is 4.79 Å². The SMILES string of the molecule is CCc1c(Cl)nc(C)nc1N1CCCC(C(=O)Nc2ccc(Cl)cn2)C1. The molecule has 1 unspecified atom stereocenters. The van der Waals surface area contributed by atoms with Gasteiger partial charge in [-0.1, -0.05) is 30.1 Å². The number of halogens is 2. The highest BCUT2D eigenvalue weighted by molar-refractivity contribution is 6.30. The van der Waals surface area contributed by atoms with Gasteiger partial charge < -0.3 is 10.2 Å². The van der Waals surface area contributed by atoms with E-state index in [1.807, 2.05) is 13.8 Å². The van der Waals surface area contributed by atoms with Crippen LogP contribution in [-0.4, -0.2) is 33.9 Å². The molecule has 0 aliphatic carbocycles. The van der Waals surface area contributed by atoms with Crippen molar-refractivity contribution in [2.24, 2.45) is 5.92 Å². The van der Waals surface area contributed by atoms with E-state index >= 15 is 0 Å². The van der Waals surface area contributed by atoms with E-state index in [-0.39, 0.29) is 11.8 Å². The van der Waals surface area contributed by atoms with E-state index in [0.29, 0.717) is 28.4 Å². The first-order valence-electron chi connectivity index (χ1n) is 8.68. The van der Waals surface area contributed by atoms with Gasteiger partial charge in [-0.05, 0) is 38.3 Å². The lowest BCUT2D eigenvalue weighted by Gasteiger charge is -2.34. The summed E-state index contributed by atoms with van der Waals surface area (Å²) < 4.78 is 0. The Hall–Kier alpha value is -1.92. The number of nitrogens with one attached hydrogen (secondary N) is 1. The fourth-order valence-electron chi connectivity index (χ4n) is 3.17. The second-order valence-corrected chi connectivity index (χ2v) is 7.15. The highest BCUT2D eigenvalue weighted by Crippen LogP contribution is 2.29. The van der Waals surface area contributed by atoms with E-state index in [4.69, 9.17) is 23.2 Å². The Morgan fingerprint density at radius 3 is 2.85 bits per heavy atom. The number of rotatable bonds is 4. The number of aryl methyl sites for hydroxylation is 1. The van der Waals surface area contributed by atoms with Crippen LogP contribution in [0.15, 0.2) is 18.3 Å². The van der Waals surface area contributed by atoms with E-state index in [1.54, 1.807) is 12.1 Å². The molecule has 0 radical (unpaired) electrons. The van der Waals surface area contributed by atoms with Crippen molar-refractivity contribution in [3.63, 3.8) is 0 Å². The molecule has 6 nitrogen and oxygen atoms in total. The van der Waals surface area contributed by atoms with Crippen LogP contribution in [0.1, 0.15) is 31.2 Å². The number of amides is 1. The standard InChI is InChI=1S/C18H21Cl2N5O/c1-3-14-16(20)22-11(2)23-17(14)25-8-4-5-12(10-25)18(26)24-15-7-6-13(19)9-21-15/h6-7,9,12H,3-5,8,10H2,1-2H3,(H,21,24,26). The third kappa shape index (κ3) is 4.24. The highest BCUT2D eigenvalue weighted by atomic mass is 35.5. The number of piperidine rings is 1. The third-order valence-electron chi connectivity index (χ3n) is 4.47. The van der Waals surface area contributed by atoms with Crippen LogP contribution in [0.4, 0.5) is 11.6 Å². The van der Waals surface area contributed by atoms with Crippen molar-refractivity contribution in [1.29, 1.82) is 0 Å². The zero-order valence-corrected chi connectivity index (χ0v) is 16.3. The zero-order valence-electron chi connectivity index (χ0n) is 14.8. The number of carbonyl (C=O) groups excluding carboxylic acids is 1. The van der Waals surface area contributed by atoms with Gasteiger partial charge in [0.15, 0.2) is 0 Å². The molecule has 3 heterocycles. The molecular weight excluding hydrogens is 373 g/mol. The van der Waals surface area contributed by atoms with Gasteiger partial charge in [-0.15, -0.1) is 0 Å². The van der Waals surface area contributed by atoms with E-state index in [0.717, 1.165) is 37.2 Å². The molecule has 1 aliphatic heterocycles. The first-order valence-corrected chi connectivity index (χ1v) is 9.44. The summed E-state index contributed by atoms with van der Waals surface area (Å²) in [7, 11) is 0. The minimum Gasteiger partial charge on any atom is -0.355 e. The molecule has 1 atom stereocenters. The van der Waals surface area contributed by atoms with Gasteiger partial charge in [0, 0.05) is 24.8 Å². The fraction of sp³-hybridized carbons (Fsp3) is 0.444. The van der Waals surface area contributed by atoms with E-state index in [1.165, 1.54) is 6.20 Å². The van der Waals surface area contributed by atoms with Gasteiger partial charge >= 0.3 is 0 Å². The summed E-state index contributed by atoms with van der Waals surface area (Å²) in [5, 5.41) is 3.90. The Morgan fingerprint density at radius 1 is 1.35 bits per heavy atom. The summed E-state index contributed by atoms with van der Waals surface area (Å²) in [5.41, 5.74) is 0.928. The molecular formula is C18H21Cl2N5O. The molecule has 1 N–H and O–H groups in total. The van der Waals surface area contributed by atoms with E-state index < -0.39 is 0 Å². The molecule has 2 aromatic rings. The van der Waals surface area contributed by atoms with Crippen molar-refractivity contribution in [1.82, 2.24) is 15.0 Å². The Labute approximate surface area is 163 Å². The number of aromatic nitrogens is 3. The van der Waals surface area contributed by atoms with Crippen LogP contribution in [-0.2, 0) is 11.2 Å². The molecule has 2 aromatic heterocycles.